The molecule has 142 valence electrons. The van der Waals surface area contributed by atoms with Crippen molar-refractivity contribution in [1.29, 1.82) is 0 Å². The van der Waals surface area contributed by atoms with E-state index in [2.05, 4.69) is 6.92 Å². The van der Waals surface area contributed by atoms with E-state index in [-0.39, 0.29) is 12.7 Å². The second-order valence-corrected chi connectivity index (χ2v) is 6.17. The standard InChI is InChI=1S/C21H22O6/c1-6-19(24-26-20(22)17-9-7-13(2)11-15(17)4)25-27-21(23)18-10-8-14(3)12-16(18)5/h7-12H,1,6H2,2-5H3. The van der Waals surface area contributed by atoms with Crippen LogP contribution in [0.2, 0.25) is 0 Å². The van der Waals surface area contributed by atoms with Crippen LogP contribution in [-0.4, -0.2) is 11.9 Å². The molecule has 0 heterocycles. The lowest BCUT2D eigenvalue weighted by Crippen LogP contribution is -2.16. The van der Waals surface area contributed by atoms with E-state index >= 15 is 0 Å². The first-order valence-corrected chi connectivity index (χ1v) is 8.39. The van der Waals surface area contributed by atoms with Crippen molar-refractivity contribution in [2.24, 2.45) is 0 Å². The highest BCUT2D eigenvalue weighted by Gasteiger charge is 2.21. The summed E-state index contributed by atoms with van der Waals surface area (Å²) < 4.78 is 0. The molecule has 27 heavy (non-hydrogen) atoms. The van der Waals surface area contributed by atoms with E-state index in [0.717, 1.165) is 22.3 Å². The molecule has 2 aromatic rings. The zero-order chi connectivity index (χ0) is 20.0. The molecule has 0 N–H and O–H groups in total. The van der Waals surface area contributed by atoms with Crippen LogP contribution in [0.3, 0.4) is 0 Å². The van der Waals surface area contributed by atoms with E-state index in [1.165, 1.54) is 0 Å². The van der Waals surface area contributed by atoms with Crippen LogP contribution in [0.1, 0.15) is 49.4 Å². The largest absolute Gasteiger partial charge is 0.373 e. The minimum absolute atomic E-state index is 0.0275. The third-order valence-electron chi connectivity index (χ3n) is 3.83. The maximum Gasteiger partial charge on any atom is 0.373 e. The molecule has 0 saturated heterocycles. The fourth-order valence-corrected chi connectivity index (χ4v) is 2.44. The molecule has 0 amide bonds. The highest BCUT2D eigenvalue weighted by Crippen LogP contribution is 2.17. The van der Waals surface area contributed by atoms with Gasteiger partial charge in [-0.3, -0.25) is 9.78 Å². The molecule has 0 aliphatic rings. The van der Waals surface area contributed by atoms with E-state index in [0.29, 0.717) is 11.1 Å². The first-order chi connectivity index (χ1) is 12.8. The Morgan fingerprint density at radius 1 is 0.741 bits per heavy atom. The average Bonchev–Trinajstić information content (AvgIpc) is 2.61. The quantitative estimate of drug-likeness (QED) is 0.527. The lowest BCUT2D eigenvalue weighted by molar-refractivity contribution is -0.362. The summed E-state index contributed by atoms with van der Waals surface area (Å²) in [5.74, 6) is -1.38. The van der Waals surface area contributed by atoms with Crippen molar-refractivity contribution in [3.8, 4) is 0 Å². The van der Waals surface area contributed by atoms with Crippen molar-refractivity contribution in [2.75, 3.05) is 0 Å². The van der Waals surface area contributed by atoms with Gasteiger partial charge >= 0.3 is 18.2 Å². The second-order valence-electron chi connectivity index (χ2n) is 6.17. The van der Waals surface area contributed by atoms with E-state index < -0.39 is 11.9 Å². The summed E-state index contributed by atoms with van der Waals surface area (Å²) in [6.45, 7) is 11.0. The number of aryl methyl sites for hydroxylation is 4. The maximum absolute atomic E-state index is 12.1. The van der Waals surface area contributed by atoms with Crippen LogP contribution in [0.4, 0.5) is 0 Å². The first-order valence-electron chi connectivity index (χ1n) is 8.39. The molecule has 0 aromatic heterocycles. The lowest BCUT2D eigenvalue weighted by atomic mass is 10.1. The van der Waals surface area contributed by atoms with Crippen LogP contribution in [0.15, 0.2) is 36.4 Å². The van der Waals surface area contributed by atoms with Crippen LogP contribution < -0.4 is 0 Å². The molecule has 0 aliphatic carbocycles. The van der Waals surface area contributed by atoms with Crippen LogP contribution in [0.5, 0.6) is 0 Å². The van der Waals surface area contributed by atoms with Crippen molar-refractivity contribution in [3.63, 3.8) is 0 Å². The third kappa shape index (κ3) is 5.64. The fraction of sp³-hybridized carbons (Fsp3) is 0.238. The normalized spacial score (nSPS) is 10.7. The molecule has 6 heteroatoms. The predicted molar refractivity (Wildman–Crippen MR) is 98.1 cm³/mol. The Labute approximate surface area is 158 Å². The fourth-order valence-electron chi connectivity index (χ4n) is 2.44. The van der Waals surface area contributed by atoms with Gasteiger partial charge in [-0.25, -0.2) is 9.59 Å². The zero-order valence-corrected chi connectivity index (χ0v) is 15.8. The van der Waals surface area contributed by atoms with E-state index in [9.17, 15) is 9.59 Å². The van der Waals surface area contributed by atoms with Crippen molar-refractivity contribution in [2.45, 2.75) is 34.1 Å². The third-order valence-corrected chi connectivity index (χ3v) is 3.83. The topological polar surface area (TPSA) is 71.1 Å². The van der Waals surface area contributed by atoms with Gasteiger partial charge in [0.2, 0.25) is 0 Å². The summed E-state index contributed by atoms with van der Waals surface area (Å²) in [7, 11) is 0. The van der Waals surface area contributed by atoms with Gasteiger partial charge in [0.05, 0.1) is 11.1 Å². The van der Waals surface area contributed by atoms with E-state index in [1.807, 2.05) is 26.0 Å². The van der Waals surface area contributed by atoms with Gasteiger partial charge in [0, 0.05) is 6.42 Å². The molecule has 0 bridgehead atoms. The summed E-state index contributed by atoms with van der Waals surface area (Å²) in [4.78, 5) is 43.3. The molecule has 6 nitrogen and oxygen atoms in total. The number of rotatable bonds is 7. The summed E-state index contributed by atoms with van der Waals surface area (Å²) in [5, 5.41) is 0. The van der Waals surface area contributed by atoms with Crippen LogP contribution in [-0.2, 0) is 19.6 Å². The Morgan fingerprint density at radius 2 is 1.15 bits per heavy atom. The number of hydrogen-bond donors (Lipinski definition) is 0. The van der Waals surface area contributed by atoms with Crippen LogP contribution >= 0.6 is 0 Å². The van der Waals surface area contributed by atoms with E-state index in [4.69, 9.17) is 19.6 Å². The van der Waals surface area contributed by atoms with Gasteiger partial charge in [0.1, 0.15) is 0 Å². The van der Waals surface area contributed by atoms with Crippen LogP contribution in [0, 0.1) is 40.9 Å². The van der Waals surface area contributed by atoms with Crippen molar-refractivity contribution >= 4 is 11.9 Å². The van der Waals surface area contributed by atoms with Gasteiger partial charge in [0.15, 0.2) is 0 Å². The van der Waals surface area contributed by atoms with Gasteiger partial charge in [0.25, 0.3) is 0 Å². The van der Waals surface area contributed by atoms with Gasteiger partial charge in [-0.15, -0.1) is 9.78 Å². The zero-order valence-electron chi connectivity index (χ0n) is 15.8. The monoisotopic (exact) mass is 370 g/mol. The molecular weight excluding hydrogens is 348 g/mol. The Balaban J connectivity index is 1.89. The molecule has 0 fully saturated rings. The number of carbonyl (C=O) groups excluding carboxylic acids is 2. The molecule has 2 aromatic carbocycles. The lowest BCUT2D eigenvalue weighted by Gasteiger charge is -2.13. The van der Waals surface area contributed by atoms with Crippen molar-refractivity contribution in [3.05, 3.63) is 83.0 Å². The Kier molecular flexibility index (Phi) is 7.10. The molecular formula is C21H22O6. The van der Waals surface area contributed by atoms with Crippen molar-refractivity contribution in [1.82, 2.24) is 0 Å². The van der Waals surface area contributed by atoms with E-state index in [1.54, 1.807) is 38.1 Å². The molecule has 0 aliphatic heterocycles. The average molecular weight is 370 g/mol. The maximum atomic E-state index is 12.1. The van der Waals surface area contributed by atoms with Gasteiger partial charge < -0.3 is 0 Å². The number of benzene rings is 2. The molecule has 0 unspecified atom stereocenters. The second kappa shape index (κ2) is 9.30. The molecule has 0 spiro atoms. The number of hydrogen-bond acceptors (Lipinski definition) is 6. The Hall–Kier alpha value is -2.70. The highest BCUT2D eigenvalue weighted by molar-refractivity contribution is 5.91. The first kappa shape index (κ1) is 20.6. The number of carbonyl (C=O) groups is 2. The van der Waals surface area contributed by atoms with Gasteiger partial charge in [-0.2, -0.15) is 0 Å². The van der Waals surface area contributed by atoms with Crippen molar-refractivity contribution < 1.29 is 29.1 Å². The molecule has 0 atom stereocenters. The van der Waals surface area contributed by atoms with Crippen LogP contribution in [0.25, 0.3) is 0 Å². The summed E-state index contributed by atoms with van der Waals surface area (Å²) in [6, 6.07) is 10.6. The Morgan fingerprint density at radius 3 is 1.48 bits per heavy atom. The minimum Gasteiger partial charge on any atom is -0.289 e. The van der Waals surface area contributed by atoms with Gasteiger partial charge in [-0.1, -0.05) is 35.4 Å². The minimum atomic E-state index is -0.692. The molecule has 2 radical (unpaired) electrons. The predicted octanol–water partition coefficient (Wildman–Crippen LogP) is 4.51. The summed E-state index contributed by atoms with van der Waals surface area (Å²) >= 11 is 0. The highest BCUT2D eigenvalue weighted by atomic mass is 17.3. The SMILES string of the molecule is [CH2]C[C](OOC(=O)c1ccc(C)cc1C)OOC(=O)c1ccc(C)cc1C. The summed E-state index contributed by atoms with van der Waals surface area (Å²) in [5.41, 5.74) is 4.27. The summed E-state index contributed by atoms with van der Waals surface area (Å²) in [6.07, 6.45) is -0.286. The molecule has 0 saturated carbocycles. The van der Waals surface area contributed by atoms with Gasteiger partial charge in [-0.05, 0) is 57.9 Å². The Bertz CT molecular complexity index is 760. The smallest absolute Gasteiger partial charge is 0.289 e. The molecule has 2 rings (SSSR count).